The number of halogens is 2. The number of hydrogen-bond donors (Lipinski definition) is 1. The van der Waals surface area contributed by atoms with Crippen LogP contribution in [-0.4, -0.2) is 5.78 Å². The summed E-state index contributed by atoms with van der Waals surface area (Å²) in [6.07, 6.45) is 3.22. The quantitative estimate of drug-likeness (QED) is 0.661. The molecule has 0 fully saturated rings. The second kappa shape index (κ2) is 5.29. The SMILES string of the molecule is Nc1c(C(=O)c2cc(Cl)ccc2Cl)oc2cc3c(cc12)CCC3. The van der Waals surface area contributed by atoms with Crippen LogP contribution in [0, 0.1) is 0 Å². The number of nitrogen functional groups attached to an aromatic ring is 1. The molecule has 0 spiro atoms. The molecule has 0 atom stereocenters. The molecule has 3 nitrogen and oxygen atoms in total. The molecule has 0 bridgehead atoms. The predicted octanol–water partition coefficient (Wildman–Crippen LogP) is 5.04. The van der Waals surface area contributed by atoms with Gasteiger partial charge in [-0.25, -0.2) is 0 Å². The summed E-state index contributed by atoms with van der Waals surface area (Å²) in [4.78, 5) is 12.7. The number of aryl methyl sites for hydroxylation is 2. The number of fused-ring (bicyclic) bond motifs is 2. The molecule has 1 aliphatic rings. The van der Waals surface area contributed by atoms with Gasteiger partial charge in [0, 0.05) is 16.0 Å². The van der Waals surface area contributed by atoms with E-state index >= 15 is 0 Å². The normalized spacial score (nSPS) is 13.5. The van der Waals surface area contributed by atoms with Crippen molar-refractivity contribution in [1.82, 2.24) is 0 Å². The van der Waals surface area contributed by atoms with E-state index in [4.69, 9.17) is 33.4 Å². The number of anilines is 1. The first kappa shape index (κ1) is 14.6. The lowest BCUT2D eigenvalue weighted by atomic mass is 10.0. The van der Waals surface area contributed by atoms with Gasteiger partial charge in [-0.15, -0.1) is 0 Å². The standard InChI is InChI=1S/C18H13Cl2NO2/c19-11-4-5-14(20)12(8-11)17(22)18-16(21)13-6-9-2-1-3-10(9)7-15(13)23-18/h4-8H,1-3,21H2. The predicted molar refractivity (Wildman–Crippen MR) is 92.5 cm³/mol. The summed E-state index contributed by atoms with van der Waals surface area (Å²) in [5, 5.41) is 1.54. The summed E-state index contributed by atoms with van der Waals surface area (Å²) in [6.45, 7) is 0. The Morgan fingerprint density at radius 3 is 2.61 bits per heavy atom. The van der Waals surface area contributed by atoms with Crippen molar-refractivity contribution in [2.45, 2.75) is 19.3 Å². The van der Waals surface area contributed by atoms with Crippen LogP contribution in [0.3, 0.4) is 0 Å². The monoisotopic (exact) mass is 345 g/mol. The molecule has 0 unspecified atom stereocenters. The van der Waals surface area contributed by atoms with Gasteiger partial charge in [0.25, 0.3) is 0 Å². The molecule has 5 heteroatoms. The summed E-state index contributed by atoms with van der Waals surface area (Å²) in [5.74, 6) is -0.237. The fourth-order valence-electron chi connectivity index (χ4n) is 3.15. The number of rotatable bonds is 2. The third-order valence-corrected chi connectivity index (χ3v) is 4.88. The van der Waals surface area contributed by atoms with E-state index in [1.807, 2.05) is 12.1 Å². The van der Waals surface area contributed by atoms with Gasteiger partial charge in [0.15, 0.2) is 5.76 Å². The fraction of sp³-hybridized carbons (Fsp3) is 0.167. The second-order valence-electron chi connectivity index (χ2n) is 5.77. The molecule has 1 heterocycles. The van der Waals surface area contributed by atoms with E-state index in [0.29, 0.717) is 21.3 Å². The summed E-state index contributed by atoms with van der Waals surface area (Å²) in [5.41, 5.74) is 10.0. The summed E-state index contributed by atoms with van der Waals surface area (Å²) in [6, 6.07) is 8.77. The van der Waals surface area contributed by atoms with Crippen molar-refractivity contribution in [3.05, 3.63) is 62.8 Å². The minimum atomic E-state index is -0.355. The van der Waals surface area contributed by atoms with Gasteiger partial charge in [-0.2, -0.15) is 0 Å². The molecule has 4 rings (SSSR count). The van der Waals surface area contributed by atoms with Crippen molar-refractivity contribution in [2.75, 3.05) is 5.73 Å². The second-order valence-corrected chi connectivity index (χ2v) is 6.61. The number of ketones is 1. The highest BCUT2D eigenvalue weighted by molar-refractivity contribution is 6.37. The molecule has 2 N–H and O–H groups in total. The minimum absolute atomic E-state index is 0.118. The van der Waals surface area contributed by atoms with E-state index in [9.17, 15) is 4.79 Å². The Morgan fingerprint density at radius 1 is 1.09 bits per heavy atom. The maximum atomic E-state index is 12.7. The first-order valence-corrected chi connectivity index (χ1v) is 8.13. The highest BCUT2D eigenvalue weighted by Gasteiger charge is 2.24. The Morgan fingerprint density at radius 2 is 1.83 bits per heavy atom. The molecule has 1 aliphatic carbocycles. The maximum Gasteiger partial charge on any atom is 0.231 e. The van der Waals surface area contributed by atoms with Crippen LogP contribution >= 0.6 is 23.2 Å². The smallest absolute Gasteiger partial charge is 0.231 e. The van der Waals surface area contributed by atoms with Gasteiger partial charge >= 0.3 is 0 Å². The van der Waals surface area contributed by atoms with Gasteiger partial charge < -0.3 is 10.2 Å². The Hall–Kier alpha value is -1.97. The van der Waals surface area contributed by atoms with Crippen molar-refractivity contribution < 1.29 is 9.21 Å². The van der Waals surface area contributed by atoms with Crippen molar-refractivity contribution in [1.29, 1.82) is 0 Å². The number of benzene rings is 2. The zero-order valence-corrected chi connectivity index (χ0v) is 13.7. The van der Waals surface area contributed by atoms with Gasteiger partial charge in [-0.3, -0.25) is 4.79 Å². The van der Waals surface area contributed by atoms with Crippen LogP contribution in [0.5, 0.6) is 0 Å². The van der Waals surface area contributed by atoms with E-state index < -0.39 is 0 Å². The number of furan rings is 1. The van der Waals surface area contributed by atoms with Crippen LogP contribution in [0.25, 0.3) is 11.0 Å². The molecule has 3 aromatic rings. The first-order valence-electron chi connectivity index (χ1n) is 7.38. The topological polar surface area (TPSA) is 56.2 Å². The van der Waals surface area contributed by atoms with Crippen molar-refractivity contribution in [3.63, 3.8) is 0 Å². The van der Waals surface area contributed by atoms with Crippen LogP contribution in [0.1, 0.15) is 33.7 Å². The lowest BCUT2D eigenvalue weighted by Crippen LogP contribution is -2.04. The molecule has 116 valence electrons. The molecule has 0 radical (unpaired) electrons. The first-order chi connectivity index (χ1) is 11.0. The van der Waals surface area contributed by atoms with Crippen LogP contribution < -0.4 is 5.73 Å². The largest absolute Gasteiger partial charge is 0.450 e. The molecular weight excluding hydrogens is 333 g/mol. The molecular formula is C18H13Cl2NO2. The average Bonchev–Trinajstić information content (AvgIpc) is 3.11. The third kappa shape index (κ3) is 2.32. The molecule has 23 heavy (non-hydrogen) atoms. The number of carbonyl (C=O) groups excluding carboxylic acids is 1. The van der Waals surface area contributed by atoms with Crippen LogP contribution in [0.15, 0.2) is 34.7 Å². The minimum Gasteiger partial charge on any atom is -0.450 e. The maximum absolute atomic E-state index is 12.7. The van der Waals surface area contributed by atoms with E-state index in [1.165, 1.54) is 17.2 Å². The van der Waals surface area contributed by atoms with Crippen LogP contribution in [0.2, 0.25) is 10.0 Å². The molecule has 0 saturated carbocycles. The van der Waals surface area contributed by atoms with Crippen LogP contribution in [0.4, 0.5) is 5.69 Å². The Labute approximate surface area is 143 Å². The number of hydrogen-bond acceptors (Lipinski definition) is 3. The van der Waals surface area contributed by atoms with Gasteiger partial charge in [-0.1, -0.05) is 23.2 Å². The molecule has 0 aliphatic heterocycles. The Bertz CT molecular complexity index is 959. The fourth-order valence-corrected chi connectivity index (χ4v) is 3.52. The Balaban J connectivity index is 1.87. The van der Waals surface area contributed by atoms with E-state index in [-0.39, 0.29) is 17.1 Å². The highest BCUT2D eigenvalue weighted by atomic mass is 35.5. The third-order valence-electron chi connectivity index (χ3n) is 4.32. The van der Waals surface area contributed by atoms with Crippen molar-refractivity contribution in [2.24, 2.45) is 0 Å². The average molecular weight is 346 g/mol. The highest BCUT2D eigenvalue weighted by Crippen LogP contribution is 2.36. The van der Waals surface area contributed by atoms with Gasteiger partial charge in [0.05, 0.1) is 10.7 Å². The van der Waals surface area contributed by atoms with E-state index in [1.54, 1.807) is 12.1 Å². The number of nitrogens with two attached hydrogens (primary N) is 1. The van der Waals surface area contributed by atoms with Crippen molar-refractivity contribution in [3.8, 4) is 0 Å². The van der Waals surface area contributed by atoms with E-state index in [0.717, 1.165) is 24.6 Å². The lowest BCUT2D eigenvalue weighted by Gasteiger charge is -2.02. The molecule has 2 aromatic carbocycles. The van der Waals surface area contributed by atoms with Gasteiger partial charge in [0.1, 0.15) is 5.58 Å². The molecule has 0 amide bonds. The van der Waals surface area contributed by atoms with Gasteiger partial charge in [0.2, 0.25) is 5.78 Å². The summed E-state index contributed by atoms with van der Waals surface area (Å²) < 4.78 is 5.76. The molecule has 0 saturated heterocycles. The lowest BCUT2D eigenvalue weighted by molar-refractivity contribution is 0.101. The summed E-state index contributed by atoms with van der Waals surface area (Å²) >= 11 is 12.1. The zero-order chi connectivity index (χ0) is 16.1. The van der Waals surface area contributed by atoms with Crippen molar-refractivity contribution >= 4 is 45.6 Å². The summed E-state index contributed by atoms with van der Waals surface area (Å²) in [7, 11) is 0. The van der Waals surface area contributed by atoms with Gasteiger partial charge in [-0.05, 0) is 60.7 Å². The zero-order valence-electron chi connectivity index (χ0n) is 12.2. The van der Waals surface area contributed by atoms with E-state index in [2.05, 4.69) is 0 Å². The Kier molecular flexibility index (Phi) is 3.36. The van der Waals surface area contributed by atoms with Crippen LogP contribution in [-0.2, 0) is 12.8 Å². The molecule has 1 aromatic heterocycles. The number of carbonyl (C=O) groups is 1.